The van der Waals surface area contributed by atoms with E-state index in [4.69, 9.17) is 0 Å². The van der Waals surface area contributed by atoms with Gasteiger partial charge in [-0.25, -0.2) is 0 Å². The first-order valence-electron chi connectivity index (χ1n) is 5.23. The third-order valence-corrected chi connectivity index (χ3v) is 3.54. The Hall–Kier alpha value is -0.560. The molecule has 0 fully saturated rings. The van der Waals surface area contributed by atoms with Gasteiger partial charge in [0.15, 0.2) is 0 Å². The number of benzene rings is 1. The summed E-state index contributed by atoms with van der Waals surface area (Å²) in [5.41, 5.74) is 4.41. The monoisotopic (exact) mass is 250 g/mol. The maximum absolute atomic E-state index is 3.63. The minimum absolute atomic E-state index is 0.566. The molecule has 0 aromatic heterocycles. The lowest BCUT2D eigenvalue weighted by Crippen LogP contribution is -1.94. The summed E-state index contributed by atoms with van der Waals surface area (Å²) in [6, 6.07) is 4.43. The quantitative estimate of drug-likeness (QED) is 0.724. The highest BCUT2D eigenvalue weighted by atomic mass is 79.9. The van der Waals surface area contributed by atoms with Gasteiger partial charge in [-0.1, -0.05) is 54.4 Å². The number of allylic oxidation sites excluding steroid dienone is 1. The van der Waals surface area contributed by atoms with E-state index < -0.39 is 0 Å². The number of halogens is 1. The maximum Gasteiger partial charge on any atom is 0.0219 e. The molecule has 14 heavy (non-hydrogen) atoms. The van der Waals surface area contributed by atoms with Crippen molar-refractivity contribution in [2.45, 2.75) is 32.6 Å². The molecule has 0 aliphatic heterocycles. The molecule has 1 heteroatoms. The fourth-order valence-electron chi connectivity index (χ4n) is 2.14. The molecule has 0 spiro atoms. The van der Waals surface area contributed by atoms with Crippen LogP contribution in [0, 0.1) is 0 Å². The third kappa shape index (κ3) is 1.54. The fraction of sp³-hybridized carbons (Fsp3) is 0.385. The number of hydrogen-bond donors (Lipinski definition) is 0. The molecule has 1 aromatic rings. The number of hydrogen-bond acceptors (Lipinski definition) is 0. The van der Waals surface area contributed by atoms with E-state index in [1.165, 1.54) is 34.0 Å². The van der Waals surface area contributed by atoms with Gasteiger partial charge in [0.2, 0.25) is 0 Å². The molecule has 0 saturated carbocycles. The summed E-state index contributed by atoms with van der Waals surface area (Å²) in [6.07, 6.45) is 6.97. The summed E-state index contributed by atoms with van der Waals surface area (Å²) in [6.45, 7) is 4.49. The molecule has 1 unspecified atom stereocenters. The highest BCUT2D eigenvalue weighted by Crippen LogP contribution is 2.37. The van der Waals surface area contributed by atoms with Gasteiger partial charge < -0.3 is 0 Å². The SMILES string of the molecule is CCCc1ccc(Br)c2c1C=CC2C. The van der Waals surface area contributed by atoms with Gasteiger partial charge in [0.05, 0.1) is 0 Å². The second kappa shape index (κ2) is 3.90. The average Bonchev–Trinajstić information content (AvgIpc) is 2.54. The molecule has 1 aromatic carbocycles. The summed E-state index contributed by atoms with van der Waals surface area (Å²) in [7, 11) is 0. The van der Waals surface area contributed by atoms with E-state index in [2.05, 4.69) is 54.1 Å². The van der Waals surface area contributed by atoms with Gasteiger partial charge in [-0.2, -0.15) is 0 Å². The van der Waals surface area contributed by atoms with Crippen LogP contribution in [0.25, 0.3) is 6.08 Å². The molecular formula is C13H15Br. The molecule has 1 aliphatic carbocycles. The Morgan fingerprint density at radius 2 is 2.14 bits per heavy atom. The van der Waals surface area contributed by atoms with Crippen molar-refractivity contribution < 1.29 is 0 Å². The molecule has 0 saturated heterocycles. The third-order valence-electron chi connectivity index (χ3n) is 2.85. The highest BCUT2D eigenvalue weighted by molar-refractivity contribution is 9.10. The lowest BCUT2D eigenvalue weighted by molar-refractivity contribution is 0.908. The first-order chi connectivity index (χ1) is 6.74. The van der Waals surface area contributed by atoms with E-state index in [-0.39, 0.29) is 0 Å². The first-order valence-corrected chi connectivity index (χ1v) is 6.02. The molecule has 0 nitrogen and oxygen atoms in total. The molecular weight excluding hydrogens is 236 g/mol. The van der Waals surface area contributed by atoms with Crippen LogP contribution in [0.4, 0.5) is 0 Å². The van der Waals surface area contributed by atoms with Gasteiger partial charge in [0, 0.05) is 10.4 Å². The van der Waals surface area contributed by atoms with E-state index in [0.717, 1.165) is 0 Å². The summed E-state index contributed by atoms with van der Waals surface area (Å²) in [5.74, 6) is 0.566. The number of rotatable bonds is 2. The van der Waals surface area contributed by atoms with E-state index in [1.807, 2.05) is 0 Å². The fourth-order valence-corrected chi connectivity index (χ4v) is 2.85. The van der Waals surface area contributed by atoms with Gasteiger partial charge in [-0.05, 0) is 29.2 Å². The number of aryl methyl sites for hydroxylation is 1. The van der Waals surface area contributed by atoms with Crippen LogP contribution < -0.4 is 0 Å². The Morgan fingerprint density at radius 1 is 1.36 bits per heavy atom. The Balaban J connectivity index is 2.52. The van der Waals surface area contributed by atoms with Crippen molar-refractivity contribution in [1.29, 1.82) is 0 Å². The normalized spacial score (nSPS) is 18.6. The lowest BCUT2D eigenvalue weighted by Gasteiger charge is -2.11. The molecule has 0 heterocycles. The van der Waals surface area contributed by atoms with Gasteiger partial charge in [0.1, 0.15) is 0 Å². The lowest BCUT2D eigenvalue weighted by atomic mass is 9.96. The Kier molecular flexibility index (Phi) is 2.78. The zero-order valence-corrected chi connectivity index (χ0v) is 10.3. The van der Waals surface area contributed by atoms with Crippen LogP contribution in [0.1, 0.15) is 42.9 Å². The predicted molar refractivity (Wildman–Crippen MR) is 65.6 cm³/mol. The van der Waals surface area contributed by atoms with Crippen LogP contribution in [0.3, 0.4) is 0 Å². The summed E-state index contributed by atoms with van der Waals surface area (Å²) < 4.78 is 1.25. The van der Waals surface area contributed by atoms with Crippen LogP contribution >= 0.6 is 15.9 Å². The molecule has 74 valence electrons. The van der Waals surface area contributed by atoms with Gasteiger partial charge in [-0.15, -0.1) is 0 Å². The Bertz CT molecular complexity index is 377. The van der Waals surface area contributed by atoms with Crippen LogP contribution in [0.15, 0.2) is 22.7 Å². The minimum atomic E-state index is 0.566. The first kappa shape index (κ1) is 9.97. The van der Waals surface area contributed by atoms with E-state index in [1.54, 1.807) is 0 Å². The van der Waals surface area contributed by atoms with Crippen molar-refractivity contribution in [1.82, 2.24) is 0 Å². The highest BCUT2D eigenvalue weighted by Gasteiger charge is 2.18. The van der Waals surface area contributed by atoms with Gasteiger partial charge in [0.25, 0.3) is 0 Å². The molecule has 0 amide bonds. The molecule has 1 atom stereocenters. The smallest absolute Gasteiger partial charge is 0.0219 e. The van der Waals surface area contributed by atoms with Crippen molar-refractivity contribution >= 4 is 22.0 Å². The molecule has 1 aliphatic rings. The van der Waals surface area contributed by atoms with Crippen molar-refractivity contribution in [3.63, 3.8) is 0 Å². The second-order valence-electron chi connectivity index (χ2n) is 3.93. The summed E-state index contributed by atoms with van der Waals surface area (Å²) in [5, 5.41) is 0. The Labute approximate surface area is 94.2 Å². The summed E-state index contributed by atoms with van der Waals surface area (Å²) in [4.78, 5) is 0. The number of fused-ring (bicyclic) bond motifs is 1. The predicted octanol–water partition coefficient (Wildman–Crippen LogP) is 4.53. The van der Waals surface area contributed by atoms with E-state index in [0.29, 0.717) is 5.92 Å². The van der Waals surface area contributed by atoms with Crippen LogP contribution in [-0.4, -0.2) is 0 Å². The Morgan fingerprint density at radius 3 is 2.86 bits per heavy atom. The van der Waals surface area contributed by atoms with Crippen LogP contribution in [0.5, 0.6) is 0 Å². The largest absolute Gasteiger partial charge is 0.0766 e. The van der Waals surface area contributed by atoms with E-state index >= 15 is 0 Å². The van der Waals surface area contributed by atoms with Crippen LogP contribution in [-0.2, 0) is 6.42 Å². The van der Waals surface area contributed by atoms with Crippen molar-refractivity contribution in [2.75, 3.05) is 0 Å². The minimum Gasteiger partial charge on any atom is -0.0766 e. The zero-order valence-electron chi connectivity index (χ0n) is 8.68. The molecule has 2 rings (SSSR count). The molecule has 0 N–H and O–H groups in total. The zero-order chi connectivity index (χ0) is 10.1. The van der Waals surface area contributed by atoms with Crippen molar-refractivity contribution in [2.24, 2.45) is 0 Å². The van der Waals surface area contributed by atoms with E-state index in [9.17, 15) is 0 Å². The topological polar surface area (TPSA) is 0 Å². The van der Waals surface area contributed by atoms with Crippen molar-refractivity contribution in [3.8, 4) is 0 Å². The van der Waals surface area contributed by atoms with Crippen molar-refractivity contribution in [3.05, 3.63) is 39.4 Å². The molecule has 0 radical (unpaired) electrons. The van der Waals surface area contributed by atoms with Crippen LogP contribution in [0.2, 0.25) is 0 Å². The standard InChI is InChI=1S/C13H15Br/c1-3-4-10-6-8-12(14)13-9(2)5-7-11(10)13/h5-9H,3-4H2,1-2H3. The van der Waals surface area contributed by atoms with Gasteiger partial charge >= 0.3 is 0 Å². The van der Waals surface area contributed by atoms with Gasteiger partial charge in [-0.3, -0.25) is 0 Å². The second-order valence-corrected chi connectivity index (χ2v) is 4.79. The maximum atomic E-state index is 3.63. The summed E-state index contributed by atoms with van der Waals surface area (Å²) >= 11 is 3.63. The average molecular weight is 251 g/mol. The molecule has 0 bridgehead atoms.